The summed E-state index contributed by atoms with van der Waals surface area (Å²) in [4.78, 5) is 1.16. The number of aryl methyl sites for hydroxylation is 2. The van der Waals surface area contributed by atoms with Gasteiger partial charge in [0.05, 0.1) is 11.3 Å². The lowest BCUT2D eigenvalue weighted by molar-refractivity contribution is -0.119. The highest BCUT2D eigenvalue weighted by Crippen LogP contribution is 2.26. The molecule has 0 aromatic carbocycles. The predicted molar refractivity (Wildman–Crippen MR) is 67.5 cm³/mol. The fraction of sp³-hybridized carbons (Fsp3) is 0.636. The summed E-state index contributed by atoms with van der Waals surface area (Å²) in [7, 11) is 1.55. The van der Waals surface area contributed by atoms with Crippen LogP contribution in [0.3, 0.4) is 0 Å². The van der Waals surface area contributed by atoms with E-state index in [-0.39, 0.29) is 23.8 Å². The highest BCUT2D eigenvalue weighted by Gasteiger charge is 2.33. The van der Waals surface area contributed by atoms with Crippen molar-refractivity contribution < 1.29 is 13.2 Å². The van der Waals surface area contributed by atoms with E-state index in [0.29, 0.717) is 12.1 Å². The normalized spacial score (nSPS) is 11.7. The van der Waals surface area contributed by atoms with Crippen LogP contribution in [0.15, 0.2) is 0 Å². The van der Waals surface area contributed by atoms with E-state index >= 15 is 0 Å². The first kappa shape index (κ1) is 15.3. The summed E-state index contributed by atoms with van der Waals surface area (Å²) >= 11 is 0. The van der Waals surface area contributed by atoms with Crippen molar-refractivity contribution in [2.24, 2.45) is 12.8 Å². The number of rotatable bonds is 5. The van der Waals surface area contributed by atoms with E-state index in [2.05, 4.69) is 5.10 Å². The third-order valence-electron chi connectivity index (χ3n) is 2.62. The van der Waals surface area contributed by atoms with E-state index in [9.17, 15) is 13.2 Å². The molecule has 1 heterocycles. The molecule has 0 atom stereocenters. The fourth-order valence-electron chi connectivity index (χ4n) is 2.07. The van der Waals surface area contributed by atoms with Gasteiger partial charge in [0.15, 0.2) is 0 Å². The maximum absolute atomic E-state index is 12.6. The van der Waals surface area contributed by atoms with Crippen LogP contribution in [0.2, 0.25) is 0 Å². The van der Waals surface area contributed by atoms with Crippen molar-refractivity contribution in [3.63, 3.8) is 0 Å². The predicted octanol–water partition coefficient (Wildman–Crippen LogP) is 1.79. The van der Waals surface area contributed by atoms with Crippen LogP contribution < -0.4 is 10.6 Å². The van der Waals surface area contributed by atoms with Gasteiger partial charge in [-0.05, 0) is 13.3 Å². The van der Waals surface area contributed by atoms with Gasteiger partial charge in [0.1, 0.15) is 18.2 Å². The van der Waals surface area contributed by atoms with Crippen LogP contribution in [-0.2, 0) is 7.05 Å². The fourth-order valence-corrected chi connectivity index (χ4v) is 2.07. The second-order valence-electron chi connectivity index (χ2n) is 4.36. The molecule has 0 saturated heterocycles. The summed E-state index contributed by atoms with van der Waals surface area (Å²) in [5.74, 6) is -0.0342. The number of anilines is 1. The summed E-state index contributed by atoms with van der Waals surface area (Å²) in [6.07, 6.45) is -3.76. The van der Waals surface area contributed by atoms with Crippen molar-refractivity contribution in [3.8, 4) is 0 Å². The Morgan fingerprint density at radius 2 is 2.05 bits per heavy atom. The zero-order valence-corrected chi connectivity index (χ0v) is 11.2. The molecule has 0 aliphatic heterocycles. The molecule has 0 fully saturated rings. The van der Waals surface area contributed by atoms with Crippen LogP contribution in [-0.4, -0.2) is 34.9 Å². The number of nitrogens with zero attached hydrogens (tertiary/aromatic N) is 3. The number of hydrogen-bond donors (Lipinski definition) is 2. The van der Waals surface area contributed by atoms with Gasteiger partial charge < -0.3 is 10.6 Å². The van der Waals surface area contributed by atoms with Crippen molar-refractivity contribution in [1.82, 2.24) is 9.78 Å². The Kier molecular flexibility index (Phi) is 4.43. The van der Waals surface area contributed by atoms with Gasteiger partial charge in [0.25, 0.3) is 0 Å². The van der Waals surface area contributed by atoms with Crippen molar-refractivity contribution in [2.75, 3.05) is 18.0 Å². The highest BCUT2D eigenvalue weighted by atomic mass is 19.4. The molecule has 1 rings (SSSR count). The quantitative estimate of drug-likeness (QED) is 0.636. The maximum Gasteiger partial charge on any atom is 0.405 e. The van der Waals surface area contributed by atoms with Crippen molar-refractivity contribution in [2.45, 2.75) is 26.4 Å². The molecule has 5 nitrogen and oxygen atoms in total. The van der Waals surface area contributed by atoms with E-state index < -0.39 is 12.7 Å². The minimum absolute atomic E-state index is 0.221. The molecule has 3 N–H and O–H groups in total. The molecule has 19 heavy (non-hydrogen) atoms. The van der Waals surface area contributed by atoms with Crippen LogP contribution >= 0.6 is 0 Å². The summed E-state index contributed by atoms with van der Waals surface area (Å²) in [5, 5.41) is 11.6. The Bertz CT molecular complexity index is 464. The van der Waals surface area contributed by atoms with E-state index in [4.69, 9.17) is 11.1 Å². The first-order valence-electron chi connectivity index (χ1n) is 5.87. The highest BCUT2D eigenvalue weighted by molar-refractivity contribution is 6.00. The lowest BCUT2D eigenvalue weighted by Crippen LogP contribution is -2.37. The Hall–Kier alpha value is -1.73. The van der Waals surface area contributed by atoms with Gasteiger partial charge >= 0.3 is 6.18 Å². The zero-order valence-electron chi connectivity index (χ0n) is 11.2. The van der Waals surface area contributed by atoms with Gasteiger partial charge in [-0.25, -0.2) is 0 Å². The van der Waals surface area contributed by atoms with E-state index in [0.717, 1.165) is 4.90 Å². The van der Waals surface area contributed by atoms with Crippen LogP contribution in [0.4, 0.5) is 19.0 Å². The molecule has 0 saturated carbocycles. The first-order valence-corrected chi connectivity index (χ1v) is 5.87. The summed E-state index contributed by atoms with van der Waals surface area (Å²) in [6.45, 7) is 2.55. The lowest BCUT2D eigenvalue weighted by atomic mass is 10.2. The lowest BCUT2D eigenvalue weighted by Gasteiger charge is -2.26. The Labute approximate surface area is 109 Å². The number of halogens is 3. The Morgan fingerprint density at radius 3 is 2.47 bits per heavy atom. The van der Waals surface area contributed by atoms with E-state index in [1.807, 2.05) is 0 Å². The molecule has 0 bridgehead atoms. The molecule has 0 amide bonds. The molecule has 0 aliphatic carbocycles. The second-order valence-corrected chi connectivity index (χ2v) is 4.36. The second kappa shape index (κ2) is 5.50. The number of nitrogens with two attached hydrogens (primary N) is 1. The van der Waals surface area contributed by atoms with Crippen molar-refractivity contribution in [3.05, 3.63) is 11.3 Å². The molecule has 0 radical (unpaired) electrons. The van der Waals surface area contributed by atoms with Crippen molar-refractivity contribution >= 4 is 11.7 Å². The SMILES string of the molecule is CCCN(CC(F)(F)F)c1c(C(=N)N)c(C)nn1C. The number of nitrogen functional groups attached to an aromatic ring is 1. The summed E-state index contributed by atoms with van der Waals surface area (Å²) in [5.41, 5.74) is 6.16. The van der Waals surface area contributed by atoms with Crippen LogP contribution in [0.5, 0.6) is 0 Å². The van der Waals surface area contributed by atoms with Crippen LogP contribution in [0, 0.1) is 12.3 Å². The minimum Gasteiger partial charge on any atom is -0.384 e. The molecular formula is C11H18F3N5. The van der Waals surface area contributed by atoms with Gasteiger partial charge in [-0.15, -0.1) is 0 Å². The standard InChI is InChI=1S/C11H18F3N5/c1-4-5-19(6-11(12,13)14)10-8(9(15)16)7(2)17-18(10)3/h4-6H2,1-3H3,(H3,15,16). The number of nitrogens with one attached hydrogen (secondary N) is 1. The monoisotopic (exact) mass is 277 g/mol. The van der Waals surface area contributed by atoms with Crippen LogP contribution in [0.1, 0.15) is 24.6 Å². The van der Waals surface area contributed by atoms with Gasteiger partial charge in [-0.3, -0.25) is 10.1 Å². The smallest absolute Gasteiger partial charge is 0.384 e. The summed E-state index contributed by atoms with van der Waals surface area (Å²) in [6, 6.07) is 0. The molecule has 0 spiro atoms. The molecule has 0 aliphatic rings. The topological polar surface area (TPSA) is 70.9 Å². The maximum atomic E-state index is 12.6. The van der Waals surface area contributed by atoms with Gasteiger partial charge in [-0.2, -0.15) is 18.3 Å². The van der Waals surface area contributed by atoms with Crippen LogP contribution in [0.25, 0.3) is 0 Å². The van der Waals surface area contributed by atoms with E-state index in [1.54, 1.807) is 20.9 Å². The Balaban J connectivity index is 3.26. The summed E-state index contributed by atoms with van der Waals surface area (Å²) < 4.78 is 39.2. The molecule has 0 unspecified atom stereocenters. The van der Waals surface area contributed by atoms with Gasteiger partial charge in [0.2, 0.25) is 0 Å². The average Bonchev–Trinajstić information content (AvgIpc) is 2.50. The zero-order chi connectivity index (χ0) is 14.8. The minimum atomic E-state index is -4.32. The first-order chi connectivity index (χ1) is 8.67. The third kappa shape index (κ3) is 3.62. The van der Waals surface area contributed by atoms with Gasteiger partial charge in [-0.1, -0.05) is 6.92 Å². The average molecular weight is 277 g/mol. The molecule has 1 aromatic heterocycles. The number of amidine groups is 1. The number of alkyl halides is 3. The van der Waals surface area contributed by atoms with Crippen molar-refractivity contribution in [1.29, 1.82) is 5.41 Å². The molecule has 8 heteroatoms. The molecule has 1 aromatic rings. The molecule has 108 valence electrons. The largest absolute Gasteiger partial charge is 0.405 e. The Morgan fingerprint density at radius 1 is 1.47 bits per heavy atom. The van der Waals surface area contributed by atoms with Gasteiger partial charge in [0, 0.05) is 13.6 Å². The van der Waals surface area contributed by atoms with E-state index in [1.165, 1.54) is 4.68 Å². The number of hydrogen-bond acceptors (Lipinski definition) is 3. The molecular weight excluding hydrogens is 259 g/mol. The third-order valence-corrected chi connectivity index (χ3v) is 2.62. The number of aromatic nitrogens is 2.